The van der Waals surface area contributed by atoms with Gasteiger partial charge in [-0.3, -0.25) is 4.79 Å². The van der Waals surface area contributed by atoms with Crippen molar-refractivity contribution in [3.8, 4) is 0 Å². The molecule has 0 radical (unpaired) electrons. The van der Waals surface area contributed by atoms with Gasteiger partial charge < -0.3 is 10.2 Å². The quantitative estimate of drug-likeness (QED) is 0.771. The standard InChI is InChI=1S/C21H28N2O/c1-4-14-22-20-9-7-8-18(16-20)15-17-10-12-19(13-11-17)21(24)23(5-2)6-3/h7-13,16,22H,4-6,14-15H2,1-3H3. The van der Waals surface area contributed by atoms with E-state index in [9.17, 15) is 4.79 Å². The number of hydrogen-bond donors (Lipinski definition) is 1. The van der Waals surface area contributed by atoms with E-state index in [0.717, 1.165) is 38.0 Å². The zero-order valence-corrected chi connectivity index (χ0v) is 15.0. The molecular weight excluding hydrogens is 296 g/mol. The molecule has 0 atom stereocenters. The lowest BCUT2D eigenvalue weighted by atomic mass is 10.0. The SMILES string of the molecule is CCCNc1cccc(Cc2ccc(C(=O)N(CC)CC)cc2)c1. The molecule has 1 amide bonds. The number of carbonyl (C=O) groups excluding carboxylic acids is 1. The Balaban J connectivity index is 2.05. The molecule has 0 aliphatic rings. The van der Waals surface area contributed by atoms with Crippen molar-refractivity contribution in [2.45, 2.75) is 33.6 Å². The molecule has 0 fully saturated rings. The second-order valence-electron chi connectivity index (χ2n) is 5.98. The molecule has 24 heavy (non-hydrogen) atoms. The van der Waals surface area contributed by atoms with Gasteiger partial charge in [0.25, 0.3) is 5.91 Å². The minimum atomic E-state index is 0.109. The molecule has 0 heterocycles. The minimum absolute atomic E-state index is 0.109. The third-order valence-corrected chi connectivity index (χ3v) is 4.17. The van der Waals surface area contributed by atoms with Crippen LogP contribution < -0.4 is 5.32 Å². The highest BCUT2D eigenvalue weighted by Crippen LogP contribution is 2.16. The largest absolute Gasteiger partial charge is 0.385 e. The molecule has 0 bridgehead atoms. The number of carbonyl (C=O) groups is 1. The first-order valence-corrected chi connectivity index (χ1v) is 8.88. The first kappa shape index (κ1) is 18.1. The molecule has 0 spiro atoms. The second kappa shape index (κ2) is 9.11. The Morgan fingerprint density at radius 1 is 0.958 bits per heavy atom. The Labute approximate surface area is 145 Å². The molecule has 128 valence electrons. The predicted octanol–water partition coefficient (Wildman–Crippen LogP) is 4.58. The summed E-state index contributed by atoms with van der Waals surface area (Å²) in [5, 5.41) is 3.42. The lowest BCUT2D eigenvalue weighted by Crippen LogP contribution is -2.30. The van der Waals surface area contributed by atoms with Gasteiger partial charge in [0.05, 0.1) is 0 Å². The van der Waals surface area contributed by atoms with E-state index in [1.165, 1.54) is 16.8 Å². The average Bonchev–Trinajstić information content (AvgIpc) is 2.62. The molecule has 1 N–H and O–H groups in total. The van der Waals surface area contributed by atoms with Crippen LogP contribution >= 0.6 is 0 Å². The van der Waals surface area contributed by atoms with Crippen LogP contribution in [0.3, 0.4) is 0 Å². The topological polar surface area (TPSA) is 32.3 Å². The summed E-state index contributed by atoms with van der Waals surface area (Å²) in [6.45, 7) is 8.66. The van der Waals surface area contributed by atoms with Crippen LogP contribution in [-0.2, 0) is 6.42 Å². The number of rotatable bonds is 8. The van der Waals surface area contributed by atoms with Crippen LogP contribution in [0.5, 0.6) is 0 Å². The van der Waals surface area contributed by atoms with Crippen LogP contribution in [0.25, 0.3) is 0 Å². The fourth-order valence-corrected chi connectivity index (χ4v) is 2.75. The van der Waals surface area contributed by atoms with Crippen LogP contribution in [0.2, 0.25) is 0 Å². The summed E-state index contributed by atoms with van der Waals surface area (Å²) in [5.74, 6) is 0.109. The number of amides is 1. The summed E-state index contributed by atoms with van der Waals surface area (Å²) in [7, 11) is 0. The molecule has 2 rings (SSSR count). The Bertz CT molecular complexity index is 645. The van der Waals surface area contributed by atoms with Crippen LogP contribution in [-0.4, -0.2) is 30.4 Å². The lowest BCUT2D eigenvalue weighted by Gasteiger charge is -2.18. The minimum Gasteiger partial charge on any atom is -0.385 e. The van der Waals surface area contributed by atoms with Crippen molar-refractivity contribution in [3.63, 3.8) is 0 Å². The first-order valence-electron chi connectivity index (χ1n) is 8.88. The Kier molecular flexibility index (Phi) is 6.86. The molecule has 0 saturated heterocycles. The van der Waals surface area contributed by atoms with Gasteiger partial charge in [0.15, 0.2) is 0 Å². The van der Waals surface area contributed by atoms with E-state index in [0.29, 0.717) is 0 Å². The molecule has 0 unspecified atom stereocenters. The van der Waals surface area contributed by atoms with E-state index in [2.05, 4.69) is 48.6 Å². The highest BCUT2D eigenvalue weighted by Gasteiger charge is 2.11. The molecule has 3 heteroatoms. The number of benzene rings is 2. The van der Waals surface area contributed by atoms with E-state index < -0.39 is 0 Å². The summed E-state index contributed by atoms with van der Waals surface area (Å²) >= 11 is 0. The number of hydrogen-bond acceptors (Lipinski definition) is 2. The molecular formula is C21H28N2O. The molecule has 0 aliphatic carbocycles. The van der Waals surface area contributed by atoms with Gasteiger partial charge in [-0.25, -0.2) is 0 Å². The Hall–Kier alpha value is -2.29. The van der Waals surface area contributed by atoms with Crippen molar-refractivity contribution < 1.29 is 4.79 Å². The summed E-state index contributed by atoms with van der Waals surface area (Å²) < 4.78 is 0. The van der Waals surface area contributed by atoms with Crippen molar-refractivity contribution in [3.05, 3.63) is 65.2 Å². The molecule has 3 nitrogen and oxygen atoms in total. The lowest BCUT2D eigenvalue weighted by molar-refractivity contribution is 0.0773. The highest BCUT2D eigenvalue weighted by molar-refractivity contribution is 5.94. The van der Waals surface area contributed by atoms with Gasteiger partial charge >= 0.3 is 0 Å². The molecule has 0 saturated carbocycles. The van der Waals surface area contributed by atoms with Crippen molar-refractivity contribution in [1.82, 2.24) is 4.90 Å². The molecule has 2 aromatic rings. The van der Waals surface area contributed by atoms with Gasteiger partial charge in [-0.1, -0.05) is 31.2 Å². The Morgan fingerprint density at radius 3 is 2.29 bits per heavy atom. The smallest absolute Gasteiger partial charge is 0.253 e. The number of nitrogens with one attached hydrogen (secondary N) is 1. The zero-order valence-electron chi connectivity index (χ0n) is 15.0. The summed E-state index contributed by atoms with van der Waals surface area (Å²) in [6.07, 6.45) is 1.99. The van der Waals surface area contributed by atoms with Crippen LogP contribution in [0.15, 0.2) is 48.5 Å². The summed E-state index contributed by atoms with van der Waals surface area (Å²) in [6, 6.07) is 16.5. The van der Waals surface area contributed by atoms with Gasteiger partial charge in [-0.05, 0) is 62.1 Å². The van der Waals surface area contributed by atoms with E-state index in [-0.39, 0.29) is 5.91 Å². The maximum Gasteiger partial charge on any atom is 0.253 e. The van der Waals surface area contributed by atoms with Crippen molar-refractivity contribution >= 4 is 11.6 Å². The second-order valence-corrected chi connectivity index (χ2v) is 5.98. The van der Waals surface area contributed by atoms with Gasteiger partial charge in [0.2, 0.25) is 0 Å². The maximum absolute atomic E-state index is 12.3. The van der Waals surface area contributed by atoms with Crippen LogP contribution in [0.4, 0.5) is 5.69 Å². The predicted molar refractivity (Wildman–Crippen MR) is 102 cm³/mol. The van der Waals surface area contributed by atoms with E-state index in [1.807, 2.05) is 30.9 Å². The fraction of sp³-hybridized carbons (Fsp3) is 0.381. The highest BCUT2D eigenvalue weighted by atomic mass is 16.2. The van der Waals surface area contributed by atoms with Crippen molar-refractivity contribution in [2.24, 2.45) is 0 Å². The third-order valence-electron chi connectivity index (χ3n) is 4.17. The van der Waals surface area contributed by atoms with E-state index >= 15 is 0 Å². The summed E-state index contributed by atoms with van der Waals surface area (Å²) in [5.41, 5.74) is 4.43. The molecule has 2 aromatic carbocycles. The molecule has 0 aromatic heterocycles. The van der Waals surface area contributed by atoms with E-state index in [4.69, 9.17) is 0 Å². The Morgan fingerprint density at radius 2 is 1.67 bits per heavy atom. The maximum atomic E-state index is 12.3. The number of anilines is 1. The van der Waals surface area contributed by atoms with Crippen molar-refractivity contribution in [2.75, 3.05) is 25.0 Å². The number of nitrogens with zero attached hydrogens (tertiary/aromatic N) is 1. The fourth-order valence-electron chi connectivity index (χ4n) is 2.75. The van der Waals surface area contributed by atoms with Gasteiger partial charge in [0.1, 0.15) is 0 Å². The third kappa shape index (κ3) is 4.85. The summed E-state index contributed by atoms with van der Waals surface area (Å²) in [4.78, 5) is 14.2. The average molecular weight is 324 g/mol. The van der Waals surface area contributed by atoms with Gasteiger partial charge in [0, 0.05) is 30.9 Å². The van der Waals surface area contributed by atoms with Crippen LogP contribution in [0.1, 0.15) is 48.7 Å². The monoisotopic (exact) mass is 324 g/mol. The van der Waals surface area contributed by atoms with E-state index in [1.54, 1.807) is 0 Å². The van der Waals surface area contributed by atoms with Gasteiger partial charge in [-0.15, -0.1) is 0 Å². The normalized spacial score (nSPS) is 10.5. The zero-order chi connectivity index (χ0) is 17.4. The van der Waals surface area contributed by atoms with Gasteiger partial charge in [-0.2, -0.15) is 0 Å². The van der Waals surface area contributed by atoms with Crippen molar-refractivity contribution in [1.29, 1.82) is 0 Å². The first-order chi connectivity index (χ1) is 11.7. The molecule has 0 aliphatic heterocycles. The van der Waals surface area contributed by atoms with Crippen LogP contribution in [0, 0.1) is 0 Å².